The lowest BCUT2D eigenvalue weighted by Gasteiger charge is -2.41. The summed E-state index contributed by atoms with van der Waals surface area (Å²) in [4.78, 5) is 0. The Morgan fingerprint density at radius 3 is 2.60 bits per heavy atom. The summed E-state index contributed by atoms with van der Waals surface area (Å²) in [5.41, 5.74) is 0.731. The van der Waals surface area contributed by atoms with Crippen molar-refractivity contribution >= 4 is 27.3 Å². The Balaban J connectivity index is 2.31. The largest absolute Gasteiger partial charge is 0.385 e. The molecule has 15 heavy (non-hydrogen) atoms. The van der Waals surface area contributed by atoms with Gasteiger partial charge in [0.25, 0.3) is 0 Å². The summed E-state index contributed by atoms with van der Waals surface area (Å²) < 4.78 is 1.06. The summed E-state index contributed by atoms with van der Waals surface area (Å²) in [7, 11) is 0. The van der Waals surface area contributed by atoms with Gasteiger partial charge in [-0.05, 0) is 52.4 Å². The molecule has 0 spiro atoms. The highest BCUT2D eigenvalue weighted by Crippen LogP contribution is 2.48. The molecule has 3 heteroatoms. The second-order valence-electron chi connectivity index (χ2n) is 5.36. The summed E-state index contributed by atoms with van der Waals surface area (Å²) >= 11 is 5.18. The normalized spacial score (nSPS) is 30.4. The van der Waals surface area contributed by atoms with Gasteiger partial charge in [-0.25, -0.2) is 0 Å². The van der Waals surface area contributed by atoms with E-state index in [1.54, 1.807) is 11.3 Å². The van der Waals surface area contributed by atoms with E-state index in [4.69, 9.17) is 0 Å². The molecule has 1 aliphatic carbocycles. The molecule has 1 atom stereocenters. The number of thiophene rings is 1. The second kappa shape index (κ2) is 3.86. The zero-order valence-electron chi connectivity index (χ0n) is 9.22. The highest BCUT2D eigenvalue weighted by atomic mass is 79.9. The lowest BCUT2D eigenvalue weighted by Crippen LogP contribution is -2.36. The minimum atomic E-state index is -0.611. The van der Waals surface area contributed by atoms with Crippen molar-refractivity contribution in [2.24, 2.45) is 5.41 Å². The molecule has 84 valence electrons. The highest BCUT2D eigenvalue weighted by molar-refractivity contribution is 9.10. The van der Waals surface area contributed by atoms with Crippen molar-refractivity contribution in [3.63, 3.8) is 0 Å². The quantitative estimate of drug-likeness (QED) is 0.817. The maximum atomic E-state index is 10.7. The molecule has 1 nitrogen and oxygen atoms in total. The number of hydrogen-bond donors (Lipinski definition) is 1. The first-order valence-electron chi connectivity index (χ1n) is 5.38. The van der Waals surface area contributed by atoms with Crippen LogP contribution in [0.25, 0.3) is 0 Å². The molecular weight excluding hydrogens is 272 g/mol. The van der Waals surface area contributed by atoms with Gasteiger partial charge in [-0.15, -0.1) is 0 Å². The monoisotopic (exact) mass is 288 g/mol. The van der Waals surface area contributed by atoms with Crippen LogP contribution in [0.3, 0.4) is 0 Å². The minimum absolute atomic E-state index is 0.258. The maximum Gasteiger partial charge on any atom is 0.0920 e. The molecule has 1 aromatic heterocycles. The molecule has 1 aromatic rings. The molecular formula is C12H17BrOS. The van der Waals surface area contributed by atoms with Gasteiger partial charge in [0.15, 0.2) is 0 Å². The van der Waals surface area contributed by atoms with Crippen LogP contribution in [0.5, 0.6) is 0 Å². The molecule has 0 aromatic carbocycles. The van der Waals surface area contributed by atoms with Gasteiger partial charge in [0.2, 0.25) is 0 Å². The standard InChI is InChI=1S/C12H17BrOS/c1-11(2)4-3-5-12(14,8-11)9-6-15-7-10(9)13/h6-7,14H,3-5,8H2,1-2H3. The van der Waals surface area contributed by atoms with Crippen molar-refractivity contribution in [1.29, 1.82) is 0 Å². The Labute approximate surface area is 104 Å². The van der Waals surface area contributed by atoms with E-state index in [1.165, 1.54) is 6.42 Å². The Hall–Kier alpha value is 0.140. The van der Waals surface area contributed by atoms with Crippen molar-refractivity contribution in [2.45, 2.75) is 45.1 Å². The number of hydrogen-bond acceptors (Lipinski definition) is 2. The van der Waals surface area contributed by atoms with Crippen LogP contribution in [-0.4, -0.2) is 5.11 Å². The molecule has 0 radical (unpaired) electrons. The molecule has 0 aliphatic heterocycles. The van der Waals surface area contributed by atoms with Crippen LogP contribution in [0.2, 0.25) is 0 Å². The summed E-state index contributed by atoms with van der Waals surface area (Å²) in [5.74, 6) is 0. The van der Waals surface area contributed by atoms with Crippen LogP contribution in [0.4, 0.5) is 0 Å². The van der Waals surface area contributed by atoms with Crippen LogP contribution in [0.15, 0.2) is 15.2 Å². The first-order chi connectivity index (χ1) is 6.93. The van der Waals surface area contributed by atoms with E-state index in [-0.39, 0.29) is 5.41 Å². The average Bonchev–Trinajstić information content (AvgIpc) is 2.49. The Bertz CT molecular complexity index is 358. The predicted octanol–water partition coefficient (Wildman–Crippen LogP) is 4.30. The van der Waals surface area contributed by atoms with Gasteiger partial charge in [-0.2, -0.15) is 11.3 Å². The number of rotatable bonds is 1. The van der Waals surface area contributed by atoms with Gasteiger partial charge >= 0.3 is 0 Å². The molecule has 1 N–H and O–H groups in total. The van der Waals surface area contributed by atoms with Crippen molar-refractivity contribution in [3.8, 4) is 0 Å². The molecule has 1 saturated carbocycles. The predicted molar refractivity (Wildman–Crippen MR) is 68.2 cm³/mol. The van der Waals surface area contributed by atoms with E-state index in [1.807, 2.05) is 0 Å². The van der Waals surface area contributed by atoms with E-state index in [0.717, 1.165) is 29.3 Å². The molecule has 0 saturated heterocycles. The zero-order valence-corrected chi connectivity index (χ0v) is 11.6. The minimum Gasteiger partial charge on any atom is -0.385 e. The topological polar surface area (TPSA) is 20.2 Å². The van der Waals surface area contributed by atoms with Gasteiger partial charge in [-0.1, -0.05) is 13.8 Å². The molecule has 0 amide bonds. The Morgan fingerprint density at radius 1 is 1.33 bits per heavy atom. The maximum absolute atomic E-state index is 10.7. The summed E-state index contributed by atoms with van der Waals surface area (Å²) in [6.45, 7) is 4.49. The van der Waals surface area contributed by atoms with E-state index in [0.29, 0.717) is 0 Å². The van der Waals surface area contributed by atoms with Crippen LogP contribution < -0.4 is 0 Å². The first kappa shape index (κ1) is 11.6. The fourth-order valence-electron chi connectivity index (χ4n) is 2.67. The van der Waals surface area contributed by atoms with Gasteiger partial charge in [0.1, 0.15) is 0 Å². The third kappa shape index (κ3) is 2.29. The van der Waals surface area contributed by atoms with Gasteiger partial charge in [0, 0.05) is 15.4 Å². The summed E-state index contributed by atoms with van der Waals surface area (Å²) in [6.07, 6.45) is 4.10. The van der Waals surface area contributed by atoms with Gasteiger partial charge in [-0.3, -0.25) is 0 Å². The Morgan fingerprint density at radius 2 is 2.07 bits per heavy atom. The highest BCUT2D eigenvalue weighted by Gasteiger charge is 2.40. The third-order valence-corrected chi connectivity index (χ3v) is 5.03. The van der Waals surface area contributed by atoms with Crippen molar-refractivity contribution in [1.82, 2.24) is 0 Å². The number of aliphatic hydroxyl groups is 1. The lowest BCUT2D eigenvalue weighted by molar-refractivity contribution is -0.0442. The first-order valence-corrected chi connectivity index (χ1v) is 7.11. The molecule has 1 fully saturated rings. The lowest BCUT2D eigenvalue weighted by atomic mass is 9.68. The van der Waals surface area contributed by atoms with Crippen LogP contribution in [0.1, 0.15) is 45.1 Å². The fraction of sp³-hybridized carbons (Fsp3) is 0.667. The molecule has 1 unspecified atom stereocenters. The van der Waals surface area contributed by atoms with Crippen molar-refractivity contribution in [3.05, 3.63) is 20.8 Å². The molecule has 2 rings (SSSR count). The molecule has 1 heterocycles. The third-order valence-electron chi connectivity index (χ3n) is 3.33. The van der Waals surface area contributed by atoms with E-state index in [2.05, 4.69) is 40.5 Å². The van der Waals surface area contributed by atoms with Crippen LogP contribution in [-0.2, 0) is 5.60 Å². The summed E-state index contributed by atoms with van der Waals surface area (Å²) in [6, 6.07) is 0. The van der Waals surface area contributed by atoms with Crippen LogP contribution >= 0.6 is 27.3 Å². The number of halogens is 1. The van der Waals surface area contributed by atoms with E-state index >= 15 is 0 Å². The molecule has 1 aliphatic rings. The Kier molecular flexibility index (Phi) is 2.99. The van der Waals surface area contributed by atoms with Gasteiger partial charge in [0.05, 0.1) is 5.60 Å². The zero-order chi connectivity index (χ0) is 11.1. The molecule has 0 bridgehead atoms. The smallest absolute Gasteiger partial charge is 0.0920 e. The summed E-state index contributed by atoms with van der Waals surface area (Å²) in [5, 5.41) is 14.8. The van der Waals surface area contributed by atoms with Crippen LogP contribution in [0, 0.1) is 5.41 Å². The van der Waals surface area contributed by atoms with Crippen molar-refractivity contribution in [2.75, 3.05) is 0 Å². The second-order valence-corrected chi connectivity index (χ2v) is 6.96. The SMILES string of the molecule is CC1(C)CCCC(O)(c2cscc2Br)C1. The van der Waals surface area contributed by atoms with E-state index in [9.17, 15) is 5.11 Å². The van der Waals surface area contributed by atoms with E-state index < -0.39 is 5.60 Å². The van der Waals surface area contributed by atoms with Gasteiger partial charge < -0.3 is 5.11 Å². The van der Waals surface area contributed by atoms with Crippen molar-refractivity contribution < 1.29 is 5.11 Å². The fourth-order valence-corrected chi connectivity index (χ4v) is 4.43. The average molecular weight is 289 g/mol.